The molecule has 0 aliphatic carbocycles. The Bertz CT molecular complexity index is 529. The number of carbonyl (C=O) groups excluding carboxylic acids is 1. The van der Waals surface area contributed by atoms with Crippen molar-refractivity contribution in [3.63, 3.8) is 0 Å². The molecule has 1 spiro atoms. The second-order valence-electron chi connectivity index (χ2n) is 5.51. The molecule has 2 saturated heterocycles. The lowest BCUT2D eigenvalue weighted by Crippen LogP contribution is -2.42. The van der Waals surface area contributed by atoms with Gasteiger partial charge in [0.25, 0.3) is 0 Å². The summed E-state index contributed by atoms with van der Waals surface area (Å²) in [5, 5.41) is 0.396. The molecule has 0 saturated carbocycles. The minimum Gasteiger partial charge on any atom is -0.374 e. The van der Waals surface area contributed by atoms with Crippen LogP contribution in [0.4, 0.5) is 4.39 Å². The third-order valence-electron chi connectivity index (χ3n) is 4.12. The highest BCUT2D eigenvalue weighted by atomic mass is 35.5. The molecular weight excluding hydrogens is 299 g/mol. The predicted octanol–water partition coefficient (Wildman–Crippen LogP) is 3.96. The number of Topliss-reactive ketones (excluding diaryl/α,β-unsaturated/α-hetero) is 1. The standard InChI is InChI=1S/C15H16ClFO2S/c16-11-1-2-13(17)12(7-11)14(18)10-3-5-19-15(8-10)4-6-20-9-15/h1-2,7,10H,3-6,8-9H2. The number of ether oxygens (including phenoxy) is 1. The fourth-order valence-corrected chi connectivity index (χ4v) is 4.57. The summed E-state index contributed by atoms with van der Waals surface area (Å²) in [6, 6.07) is 4.16. The minimum atomic E-state index is -0.485. The molecule has 0 N–H and O–H groups in total. The van der Waals surface area contributed by atoms with Crippen LogP contribution in [-0.4, -0.2) is 29.5 Å². The van der Waals surface area contributed by atoms with Crippen molar-refractivity contribution in [3.05, 3.63) is 34.6 Å². The highest BCUT2D eigenvalue weighted by Gasteiger charge is 2.42. The molecule has 2 atom stereocenters. The van der Waals surface area contributed by atoms with Gasteiger partial charge in [0.1, 0.15) is 5.82 Å². The molecule has 0 amide bonds. The molecule has 2 unspecified atom stereocenters. The van der Waals surface area contributed by atoms with Gasteiger partial charge in [0.05, 0.1) is 11.2 Å². The van der Waals surface area contributed by atoms with Crippen LogP contribution in [0, 0.1) is 11.7 Å². The maximum absolute atomic E-state index is 13.8. The van der Waals surface area contributed by atoms with E-state index in [1.807, 2.05) is 11.8 Å². The van der Waals surface area contributed by atoms with Crippen LogP contribution in [0.5, 0.6) is 0 Å². The first-order valence-corrected chi connectivity index (χ1v) is 8.34. The largest absolute Gasteiger partial charge is 0.374 e. The van der Waals surface area contributed by atoms with Gasteiger partial charge in [-0.25, -0.2) is 4.39 Å². The first-order chi connectivity index (χ1) is 9.60. The van der Waals surface area contributed by atoms with Gasteiger partial charge in [-0.1, -0.05) is 11.6 Å². The van der Waals surface area contributed by atoms with E-state index in [0.29, 0.717) is 24.5 Å². The number of carbonyl (C=O) groups is 1. The zero-order chi connectivity index (χ0) is 14.2. The van der Waals surface area contributed by atoms with Gasteiger partial charge in [-0.3, -0.25) is 4.79 Å². The maximum Gasteiger partial charge on any atom is 0.169 e. The minimum absolute atomic E-state index is 0.116. The Morgan fingerprint density at radius 2 is 2.35 bits per heavy atom. The second kappa shape index (κ2) is 5.66. The van der Waals surface area contributed by atoms with E-state index < -0.39 is 5.82 Å². The number of thioether (sulfide) groups is 1. The molecule has 108 valence electrons. The van der Waals surface area contributed by atoms with E-state index in [4.69, 9.17) is 16.3 Å². The summed E-state index contributed by atoms with van der Waals surface area (Å²) in [5.41, 5.74) is -0.0524. The lowest BCUT2D eigenvalue weighted by atomic mass is 9.81. The molecule has 1 aromatic carbocycles. The summed E-state index contributed by atoms with van der Waals surface area (Å²) in [7, 11) is 0. The summed E-state index contributed by atoms with van der Waals surface area (Å²) in [5.74, 6) is 1.24. The average molecular weight is 315 g/mol. The normalized spacial score (nSPS) is 29.8. The summed E-state index contributed by atoms with van der Waals surface area (Å²) in [6.45, 7) is 0.582. The Balaban J connectivity index is 1.81. The van der Waals surface area contributed by atoms with Crippen molar-refractivity contribution in [1.29, 1.82) is 0 Å². The van der Waals surface area contributed by atoms with E-state index >= 15 is 0 Å². The third kappa shape index (κ3) is 2.74. The van der Waals surface area contributed by atoms with Crippen molar-refractivity contribution >= 4 is 29.1 Å². The van der Waals surface area contributed by atoms with Gasteiger partial charge in [-0.15, -0.1) is 0 Å². The quantitative estimate of drug-likeness (QED) is 0.773. The molecule has 0 radical (unpaired) electrons. The third-order valence-corrected chi connectivity index (χ3v) is 5.58. The Hall–Kier alpha value is -0.580. The van der Waals surface area contributed by atoms with E-state index in [2.05, 4.69) is 0 Å². The Kier molecular flexibility index (Phi) is 4.07. The Morgan fingerprint density at radius 3 is 3.10 bits per heavy atom. The van der Waals surface area contributed by atoms with Crippen LogP contribution in [0.15, 0.2) is 18.2 Å². The average Bonchev–Trinajstić information content (AvgIpc) is 2.88. The molecule has 5 heteroatoms. The summed E-state index contributed by atoms with van der Waals surface area (Å²) < 4.78 is 19.7. The summed E-state index contributed by atoms with van der Waals surface area (Å²) >= 11 is 7.74. The number of hydrogen-bond acceptors (Lipinski definition) is 3. The maximum atomic E-state index is 13.8. The predicted molar refractivity (Wildman–Crippen MR) is 79.1 cm³/mol. The monoisotopic (exact) mass is 314 g/mol. The van der Waals surface area contributed by atoms with Gasteiger partial charge >= 0.3 is 0 Å². The molecule has 20 heavy (non-hydrogen) atoms. The molecule has 3 rings (SSSR count). The van der Waals surface area contributed by atoms with E-state index in [1.54, 1.807) is 0 Å². The summed E-state index contributed by atoms with van der Waals surface area (Å²) in [4.78, 5) is 12.6. The molecule has 0 bridgehead atoms. The van der Waals surface area contributed by atoms with Gasteiger partial charge in [0.15, 0.2) is 5.78 Å². The van der Waals surface area contributed by atoms with Crippen LogP contribution in [0.1, 0.15) is 29.6 Å². The molecule has 2 aliphatic heterocycles. The fourth-order valence-electron chi connectivity index (χ4n) is 3.02. The van der Waals surface area contributed by atoms with Gasteiger partial charge in [-0.05, 0) is 43.2 Å². The second-order valence-corrected chi connectivity index (χ2v) is 7.05. The van der Waals surface area contributed by atoms with Gasteiger partial charge in [-0.2, -0.15) is 11.8 Å². The van der Waals surface area contributed by atoms with E-state index in [9.17, 15) is 9.18 Å². The van der Waals surface area contributed by atoms with Crippen molar-refractivity contribution in [1.82, 2.24) is 0 Å². The smallest absolute Gasteiger partial charge is 0.169 e. The van der Waals surface area contributed by atoms with Crippen LogP contribution in [0.3, 0.4) is 0 Å². The Morgan fingerprint density at radius 1 is 1.50 bits per heavy atom. The molecule has 1 aromatic rings. The summed E-state index contributed by atoms with van der Waals surface area (Å²) in [6.07, 6.45) is 2.35. The number of hydrogen-bond donors (Lipinski definition) is 0. The molecule has 2 nitrogen and oxygen atoms in total. The van der Waals surface area contributed by atoms with E-state index in [-0.39, 0.29) is 22.9 Å². The fraction of sp³-hybridized carbons (Fsp3) is 0.533. The van der Waals surface area contributed by atoms with Crippen LogP contribution in [0.25, 0.3) is 0 Å². The number of ketones is 1. The SMILES string of the molecule is O=C(c1cc(Cl)ccc1F)C1CCOC2(CCSC2)C1. The van der Waals surface area contributed by atoms with Crippen molar-refractivity contribution in [2.24, 2.45) is 5.92 Å². The van der Waals surface area contributed by atoms with E-state index in [0.717, 1.165) is 17.9 Å². The molecule has 2 fully saturated rings. The van der Waals surface area contributed by atoms with Crippen molar-refractivity contribution in [2.75, 3.05) is 18.1 Å². The van der Waals surface area contributed by atoms with Crippen LogP contribution >= 0.6 is 23.4 Å². The first kappa shape index (κ1) is 14.4. The Labute approximate surface area is 127 Å². The number of rotatable bonds is 2. The zero-order valence-electron chi connectivity index (χ0n) is 11.0. The first-order valence-electron chi connectivity index (χ1n) is 6.81. The lowest BCUT2D eigenvalue weighted by Gasteiger charge is -2.37. The van der Waals surface area contributed by atoms with Crippen LogP contribution < -0.4 is 0 Å². The molecular formula is C15H16ClFO2S. The number of halogens is 2. The zero-order valence-corrected chi connectivity index (χ0v) is 12.6. The van der Waals surface area contributed by atoms with Crippen LogP contribution in [-0.2, 0) is 4.74 Å². The molecule has 2 aliphatic rings. The van der Waals surface area contributed by atoms with Crippen molar-refractivity contribution < 1.29 is 13.9 Å². The van der Waals surface area contributed by atoms with Crippen molar-refractivity contribution in [2.45, 2.75) is 24.9 Å². The molecule has 0 aromatic heterocycles. The topological polar surface area (TPSA) is 26.3 Å². The molecule has 2 heterocycles. The number of benzene rings is 1. The highest BCUT2D eigenvalue weighted by molar-refractivity contribution is 7.99. The van der Waals surface area contributed by atoms with Crippen molar-refractivity contribution in [3.8, 4) is 0 Å². The van der Waals surface area contributed by atoms with Gasteiger partial charge < -0.3 is 4.74 Å². The van der Waals surface area contributed by atoms with E-state index in [1.165, 1.54) is 18.2 Å². The lowest BCUT2D eigenvalue weighted by molar-refractivity contribution is -0.0735. The van der Waals surface area contributed by atoms with Gasteiger partial charge in [0.2, 0.25) is 0 Å². The highest BCUT2D eigenvalue weighted by Crippen LogP contribution is 2.41. The van der Waals surface area contributed by atoms with Crippen LogP contribution in [0.2, 0.25) is 5.02 Å². The van der Waals surface area contributed by atoms with Gasteiger partial charge in [0, 0.05) is 23.3 Å².